The van der Waals surface area contributed by atoms with Crippen LogP contribution in [0.1, 0.15) is 51.1 Å². The lowest BCUT2D eigenvalue weighted by Crippen LogP contribution is -2.37. The Morgan fingerprint density at radius 2 is 1.86 bits per heavy atom. The molecule has 0 saturated carbocycles. The van der Waals surface area contributed by atoms with Crippen LogP contribution in [0.15, 0.2) is 46.0 Å². The van der Waals surface area contributed by atoms with Gasteiger partial charge in [0.15, 0.2) is 0 Å². The van der Waals surface area contributed by atoms with E-state index in [0.29, 0.717) is 11.3 Å². The van der Waals surface area contributed by atoms with E-state index in [1.165, 1.54) is 4.57 Å². The summed E-state index contributed by atoms with van der Waals surface area (Å²) in [6.07, 6.45) is 0.287. The van der Waals surface area contributed by atoms with Crippen molar-refractivity contribution in [3.05, 3.63) is 96.6 Å². The Labute approximate surface area is 167 Å². The maximum Gasteiger partial charge on any atom is 0.329 e. The number of ketones is 1. The second-order valence-electron chi connectivity index (χ2n) is 6.84. The Hall–Kier alpha value is -3.79. The molecule has 3 rings (SSSR count). The van der Waals surface area contributed by atoms with Crippen molar-refractivity contribution in [2.45, 2.75) is 33.7 Å². The van der Waals surface area contributed by atoms with Gasteiger partial charge in [-0.05, 0) is 55.7 Å². The van der Waals surface area contributed by atoms with Crippen molar-refractivity contribution < 1.29 is 4.79 Å². The highest BCUT2D eigenvalue weighted by Crippen LogP contribution is 2.14. The number of hydrogen-bond acceptors (Lipinski definition) is 5. The molecule has 3 aromatic rings. The van der Waals surface area contributed by atoms with Crippen LogP contribution < -0.4 is 11.2 Å². The quantitative estimate of drug-likeness (QED) is 0.675. The minimum atomic E-state index is -0.663. The lowest BCUT2D eigenvalue weighted by atomic mass is 10.0. The molecule has 0 radical (unpaired) electrons. The van der Waals surface area contributed by atoms with Crippen molar-refractivity contribution >= 4 is 5.78 Å². The molecule has 1 aromatic carbocycles. The predicted molar refractivity (Wildman–Crippen MR) is 108 cm³/mol. The Kier molecular flexibility index (Phi) is 5.55. The van der Waals surface area contributed by atoms with E-state index >= 15 is 0 Å². The molecule has 29 heavy (non-hydrogen) atoms. The molecule has 0 amide bonds. The molecule has 7 heteroatoms. The number of nitrogens with zero attached hydrogens (tertiary/aromatic N) is 3. The molecule has 0 bridgehead atoms. The van der Waals surface area contributed by atoms with Gasteiger partial charge >= 0.3 is 5.69 Å². The summed E-state index contributed by atoms with van der Waals surface area (Å²) in [4.78, 5) is 44.9. The van der Waals surface area contributed by atoms with Crippen LogP contribution in [-0.4, -0.2) is 20.3 Å². The average molecular weight is 388 g/mol. The summed E-state index contributed by atoms with van der Waals surface area (Å²) in [5.74, 6) is -0.467. The van der Waals surface area contributed by atoms with Gasteiger partial charge in [0.2, 0.25) is 5.78 Å². The first-order valence-corrected chi connectivity index (χ1v) is 9.19. The number of aryl methyl sites for hydroxylation is 2. The van der Waals surface area contributed by atoms with E-state index < -0.39 is 17.0 Å². The summed E-state index contributed by atoms with van der Waals surface area (Å²) >= 11 is 0. The maximum absolute atomic E-state index is 13.3. The number of nitriles is 1. The molecule has 0 aliphatic carbocycles. The fourth-order valence-corrected chi connectivity index (χ4v) is 3.30. The Bertz CT molecular complexity index is 1220. The van der Waals surface area contributed by atoms with Crippen LogP contribution in [0, 0.1) is 25.2 Å². The molecule has 7 nitrogen and oxygen atoms in total. The maximum atomic E-state index is 13.3. The van der Waals surface area contributed by atoms with Crippen molar-refractivity contribution in [2.24, 2.45) is 0 Å². The molecule has 0 spiro atoms. The summed E-state index contributed by atoms with van der Waals surface area (Å²) in [6, 6.07) is 12.2. The molecular formula is C22H20N4O3. The average Bonchev–Trinajstić information content (AvgIpc) is 2.69. The second-order valence-corrected chi connectivity index (χ2v) is 6.84. The molecule has 0 fully saturated rings. The van der Waals surface area contributed by atoms with Crippen molar-refractivity contribution in [1.29, 1.82) is 5.26 Å². The van der Waals surface area contributed by atoms with Crippen molar-refractivity contribution in [3.8, 4) is 6.07 Å². The standard InChI is InChI=1S/C22H20N4O3/c1-4-17-19(20(27)18-10-13(2)9-14(3)24-18)26(22(29)25-21(17)28)12-16-7-5-15(11-23)6-8-16/h5-10H,4,12H2,1-3H3,(H,25,28,29). The molecule has 0 unspecified atom stereocenters. The van der Waals surface area contributed by atoms with Crippen LogP contribution in [0.4, 0.5) is 0 Å². The Morgan fingerprint density at radius 3 is 2.45 bits per heavy atom. The van der Waals surface area contributed by atoms with Crippen molar-refractivity contribution in [1.82, 2.24) is 14.5 Å². The zero-order valence-electron chi connectivity index (χ0n) is 16.4. The van der Waals surface area contributed by atoms with Crippen LogP contribution in [0.25, 0.3) is 0 Å². The largest absolute Gasteiger partial charge is 0.329 e. The van der Waals surface area contributed by atoms with Gasteiger partial charge in [-0.25, -0.2) is 9.78 Å². The van der Waals surface area contributed by atoms with E-state index in [9.17, 15) is 14.4 Å². The number of H-pyrrole nitrogens is 1. The van der Waals surface area contributed by atoms with Crippen LogP contribution in [0.2, 0.25) is 0 Å². The van der Waals surface area contributed by atoms with Gasteiger partial charge in [-0.15, -0.1) is 0 Å². The number of carbonyl (C=O) groups is 1. The number of benzene rings is 1. The van der Waals surface area contributed by atoms with E-state index in [1.807, 2.05) is 19.1 Å². The summed E-state index contributed by atoms with van der Waals surface area (Å²) in [5, 5.41) is 8.95. The number of aromatic amines is 1. The third kappa shape index (κ3) is 4.06. The van der Waals surface area contributed by atoms with Gasteiger partial charge in [-0.1, -0.05) is 19.1 Å². The third-order valence-electron chi connectivity index (χ3n) is 4.62. The molecule has 1 N–H and O–H groups in total. The number of hydrogen-bond donors (Lipinski definition) is 1. The first-order chi connectivity index (χ1) is 13.8. The van der Waals surface area contributed by atoms with Gasteiger partial charge in [0, 0.05) is 11.3 Å². The summed E-state index contributed by atoms with van der Waals surface area (Å²) < 4.78 is 1.27. The van der Waals surface area contributed by atoms with Gasteiger partial charge in [-0.3, -0.25) is 19.1 Å². The Balaban J connectivity index is 2.20. The second kappa shape index (κ2) is 8.07. The molecule has 0 saturated heterocycles. The fourth-order valence-electron chi connectivity index (χ4n) is 3.30. The summed E-state index contributed by atoms with van der Waals surface area (Å²) in [7, 11) is 0. The summed E-state index contributed by atoms with van der Waals surface area (Å²) in [6.45, 7) is 5.48. The van der Waals surface area contributed by atoms with E-state index in [4.69, 9.17) is 5.26 Å². The number of rotatable bonds is 5. The van der Waals surface area contributed by atoms with Crippen LogP contribution in [0.5, 0.6) is 0 Å². The minimum absolute atomic E-state index is 0.0445. The monoisotopic (exact) mass is 388 g/mol. The molecule has 146 valence electrons. The normalized spacial score (nSPS) is 10.6. The van der Waals surface area contributed by atoms with E-state index in [-0.39, 0.29) is 29.9 Å². The van der Waals surface area contributed by atoms with Crippen molar-refractivity contribution in [3.63, 3.8) is 0 Å². The highest BCUT2D eigenvalue weighted by atomic mass is 16.2. The lowest BCUT2D eigenvalue weighted by Gasteiger charge is -2.15. The predicted octanol–water partition coefficient (Wildman–Crippen LogP) is 2.26. The number of carbonyl (C=O) groups excluding carboxylic acids is 1. The molecule has 0 atom stereocenters. The zero-order chi connectivity index (χ0) is 21.1. The summed E-state index contributed by atoms with van der Waals surface area (Å²) in [5.41, 5.74) is 2.01. The van der Waals surface area contributed by atoms with Gasteiger partial charge in [0.05, 0.1) is 18.2 Å². The molecular weight excluding hydrogens is 368 g/mol. The smallest absolute Gasteiger partial charge is 0.285 e. The number of nitrogens with one attached hydrogen (secondary N) is 1. The highest BCUT2D eigenvalue weighted by molar-refractivity contribution is 6.07. The molecule has 0 aliphatic rings. The molecule has 2 aromatic heterocycles. The van der Waals surface area contributed by atoms with E-state index in [2.05, 4.69) is 9.97 Å². The van der Waals surface area contributed by atoms with Crippen molar-refractivity contribution in [2.75, 3.05) is 0 Å². The molecule has 2 heterocycles. The first kappa shape index (κ1) is 20.0. The van der Waals surface area contributed by atoms with E-state index in [1.54, 1.807) is 44.2 Å². The van der Waals surface area contributed by atoms with Crippen LogP contribution in [-0.2, 0) is 13.0 Å². The van der Waals surface area contributed by atoms with Crippen LogP contribution in [0.3, 0.4) is 0 Å². The Morgan fingerprint density at radius 1 is 1.17 bits per heavy atom. The fraction of sp³-hybridized carbons (Fsp3) is 0.227. The first-order valence-electron chi connectivity index (χ1n) is 9.19. The van der Waals surface area contributed by atoms with E-state index in [0.717, 1.165) is 11.1 Å². The SMILES string of the molecule is CCc1c(C(=O)c2cc(C)cc(C)n2)n(Cc2ccc(C#N)cc2)c(=O)[nH]c1=O. The van der Waals surface area contributed by atoms with Gasteiger partial charge < -0.3 is 0 Å². The number of pyridine rings is 1. The highest BCUT2D eigenvalue weighted by Gasteiger charge is 2.23. The third-order valence-corrected chi connectivity index (χ3v) is 4.62. The topological polar surface area (TPSA) is 109 Å². The van der Waals surface area contributed by atoms with Gasteiger partial charge in [-0.2, -0.15) is 5.26 Å². The lowest BCUT2D eigenvalue weighted by molar-refractivity contribution is 0.102. The van der Waals surface area contributed by atoms with Gasteiger partial charge in [0.25, 0.3) is 5.56 Å². The number of aromatic nitrogens is 3. The molecule has 0 aliphatic heterocycles. The zero-order valence-corrected chi connectivity index (χ0v) is 16.4. The van der Waals surface area contributed by atoms with Crippen LogP contribution >= 0.6 is 0 Å². The minimum Gasteiger partial charge on any atom is -0.285 e. The van der Waals surface area contributed by atoms with Gasteiger partial charge in [0.1, 0.15) is 11.4 Å².